The van der Waals surface area contributed by atoms with Crippen molar-refractivity contribution in [3.05, 3.63) is 12.2 Å². The first-order chi connectivity index (χ1) is 19.0. The van der Waals surface area contributed by atoms with Crippen molar-refractivity contribution < 1.29 is 9.59 Å². The van der Waals surface area contributed by atoms with E-state index in [-0.39, 0.29) is 28.7 Å². The number of amides is 2. The van der Waals surface area contributed by atoms with Crippen LogP contribution in [-0.2, 0) is 9.59 Å². The van der Waals surface area contributed by atoms with Gasteiger partial charge in [-0.2, -0.15) is 0 Å². The lowest BCUT2D eigenvalue weighted by atomic mass is 9.77. The van der Waals surface area contributed by atoms with E-state index in [1.54, 1.807) is 0 Å². The minimum absolute atomic E-state index is 0.0567. The molecule has 42 heavy (non-hydrogen) atoms. The van der Waals surface area contributed by atoms with Crippen LogP contribution in [0.4, 0.5) is 0 Å². The predicted octanol–water partition coefficient (Wildman–Crippen LogP) is 7.15. The lowest BCUT2D eigenvalue weighted by molar-refractivity contribution is -0.141. The van der Waals surface area contributed by atoms with E-state index >= 15 is 0 Å². The van der Waals surface area contributed by atoms with E-state index < -0.39 is 0 Å². The topological polar surface area (TPSA) is 64.7 Å². The molecule has 2 amide bonds. The second kappa shape index (κ2) is 16.1. The minimum Gasteiger partial charge on any atom is -0.337 e. The first-order valence-electron chi connectivity index (χ1n) is 16.7. The van der Waals surface area contributed by atoms with Crippen LogP contribution < -0.4 is 10.6 Å². The fraction of sp³-hybridized carbons (Fsp3) is 0.889. The lowest BCUT2D eigenvalue weighted by Crippen LogP contribution is -2.54. The standard InChI is InChI=1S/C13H24N2O.C13H22N2O.2C5H12/c2*1-13(2,3)11-6-4-5-10-9-14-7-8-15(10)12(11)16;2*1-5(2,3)4/h10-11,14H,4-9H2,1-3H3;4-5,10-11,14H,6-9H2,1-3H3;2*1-4H3. The van der Waals surface area contributed by atoms with Crippen molar-refractivity contribution in [3.63, 3.8) is 0 Å². The van der Waals surface area contributed by atoms with Crippen LogP contribution in [0.3, 0.4) is 0 Å². The van der Waals surface area contributed by atoms with Crippen molar-refractivity contribution in [1.82, 2.24) is 20.4 Å². The maximum atomic E-state index is 12.5. The number of carbonyl (C=O) groups is 2. The van der Waals surface area contributed by atoms with Gasteiger partial charge in [0.15, 0.2) is 0 Å². The highest BCUT2D eigenvalue weighted by atomic mass is 16.2. The third-order valence-electron chi connectivity index (χ3n) is 7.65. The zero-order chi connectivity index (χ0) is 32.5. The molecule has 4 aliphatic rings. The van der Waals surface area contributed by atoms with E-state index in [2.05, 4.69) is 130 Å². The van der Waals surface area contributed by atoms with E-state index in [4.69, 9.17) is 0 Å². The number of hydrogen-bond donors (Lipinski definition) is 2. The second-order valence-electron chi connectivity index (χ2n) is 18.1. The van der Waals surface area contributed by atoms with Gasteiger partial charge < -0.3 is 20.4 Å². The molecule has 4 atom stereocenters. The highest BCUT2D eigenvalue weighted by molar-refractivity contribution is 5.81. The summed E-state index contributed by atoms with van der Waals surface area (Å²) in [7, 11) is 0. The van der Waals surface area contributed by atoms with Gasteiger partial charge in [0.05, 0.1) is 6.04 Å². The van der Waals surface area contributed by atoms with E-state index in [9.17, 15) is 9.59 Å². The van der Waals surface area contributed by atoms with Crippen LogP contribution in [0.5, 0.6) is 0 Å². The van der Waals surface area contributed by atoms with Crippen LogP contribution in [0, 0.1) is 33.5 Å². The summed E-state index contributed by atoms with van der Waals surface area (Å²) in [6.45, 7) is 36.1. The van der Waals surface area contributed by atoms with Crippen LogP contribution in [0.15, 0.2) is 12.2 Å². The van der Waals surface area contributed by atoms with Crippen LogP contribution in [-0.4, -0.2) is 73.0 Å². The predicted molar refractivity (Wildman–Crippen MR) is 180 cm³/mol. The van der Waals surface area contributed by atoms with Gasteiger partial charge in [0.1, 0.15) is 0 Å². The first kappa shape index (κ1) is 38.6. The van der Waals surface area contributed by atoms with E-state index in [1.807, 2.05) is 0 Å². The molecule has 4 aliphatic heterocycles. The van der Waals surface area contributed by atoms with Gasteiger partial charge in [-0.25, -0.2) is 0 Å². The number of nitrogens with one attached hydrogen (secondary N) is 2. The van der Waals surface area contributed by atoms with Crippen molar-refractivity contribution in [2.75, 3.05) is 39.3 Å². The number of nitrogens with zero attached hydrogens (tertiary/aromatic N) is 2. The largest absolute Gasteiger partial charge is 0.337 e. The average molecular weight is 591 g/mol. The molecule has 6 heteroatoms. The Bertz CT molecular complexity index is 828. The molecule has 0 spiro atoms. The summed E-state index contributed by atoms with van der Waals surface area (Å²) in [4.78, 5) is 29.2. The van der Waals surface area contributed by atoms with Crippen LogP contribution in [0.2, 0.25) is 0 Å². The molecule has 4 heterocycles. The van der Waals surface area contributed by atoms with Gasteiger partial charge in [-0.05, 0) is 40.9 Å². The minimum atomic E-state index is 0.0567. The Hall–Kier alpha value is -1.40. The molecule has 0 aromatic heterocycles. The number of fused-ring (bicyclic) bond motifs is 2. The van der Waals surface area contributed by atoms with Crippen LogP contribution >= 0.6 is 0 Å². The number of rotatable bonds is 0. The van der Waals surface area contributed by atoms with E-state index in [0.717, 1.165) is 52.1 Å². The Balaban J connectivity index is 0.000000320. The average Bonchev–Trinajstić information content (AvgIpc) is 3.09. The van der Waals surface area contributed by atoms with Crippen molar-refractivity contribution in [3.8, 4) is 0 Å². The zero-order valence-corrected chi connectivity index (χ0v) is 30.2. The molecule has 4 unspecified atom stereocenters. The number of allylic oxidation sites excluding steroid dienone is 1. The SMILES string of the molecule is CC(C)(C)C.CC(C)(C)C.CC(C)(C)C1CC=CC2CNCCN2C1=O.CC(C)(C)C1CCCC2CNCCN2C1=O. The highest BCUT2D eigenvalue weighted by Crippen LogP contribution is 2.36. The first-order valence-corrected chi connectivity index (χ1v) is 16.7. The van der Waals surface area contributed by atoms with E-state index in [1.165, 1.54) is 12.8 Å². The summed E-state index contributed by atoms with van der Waals surface area (Å²) in [5, 5.41) is 6.73. The van der Waals surface area contributed by atoms with Crippen LogP contribution in [0.25, 0.3) is 0 Å². The Labute approximate surface area is 261 Å². The zero-order valence-electron chi connectivity index (χ0n) is 30.2. The molecule has 0 saturated carbocycles. The number of piperazine rings is 2. The van der Waals surface area contributed by atoms with Crippen molar-refractivity contribution >= 4 is 11.8 Å². The molecular formula is C36H70N4O2. The Kier molecular flexibility index (Phi) is 14.8. The van der Waals surface area contributed by atoms with Crippen molar-refractivity contribution in [2.45, 2.75) is 135 Å². The maximum absolute atomic E-state index is 12.5. The highest BCUT2D eigenvalue weighted by Gasteiger charge is 2.40. The molecule has 0 aromatic rings. The number of hydrogen-bond acceptors (Lipinski definition) is 4. The van der Waals surface area contributed by atoms with Gasteiger partial charge in [-0.15, -0.1) is 0 Å². The molecule has 3 saturated heterocycles. The molecule has 246 valence electrons. The molecule has 0 bridgehead atoms. The fourth-order valence-corrected chi connectivity index (χ4v) is 5.56. The van der Waals surface area contributed by atoms with Gasteiger partial charge in [-0.1, -0.05) is 116 Å². The molecule has 0 aliphatic carbocycles. The number of carbonyl (C=O) groups excluding carboxylic acids is 2. The van der Waals surface area contributed by atoms with Gasteiger partial charge >= 0.3 is 0 Å². The Morgan fingerprint density at radius 3 is 1.60 bits per heavy atom. The lowest BCUT2D eigenvalue weighted by Gasteiger charge is -2.38. The maximum Gasteiger partial charge on any atom is 0.227 e. The van der Waals surface area contributed by atoms with Crippen molar-refractivity contribution in [2.24, 2.45) is 33.5 Å². The van der Waals surface area contributed by atoms with Gasteiger partial charge in [0, 0.05) is 57.1 Å². The van der Waals surface area contributed by atoms with E-state index in [0.29, 0.717) is 28.7 Å². The van der Waals surface area contributed by atoms with Gasteiger partial charge in [0.2, 0.25) is 11.8 Å². The van der Waals surface area contributed by atoms with Crippen molar-refractivity contribution in [1.29, 1.82) is 0 Å². The summed E-state index contributed by atoms with van der Waals surface area (Å²) in [6.07, 6.45) is 8.69. The summed E-state index contributed by atoms with van der Waals surface area (Å²) in [6, 6.07) is 0.724. The molecule has 0 aromatic carbocycles. The fourth-order valence-electron chi connectivity index (χ4n) is 5.56. The summed E-state index contributed by atoms with van der Waals surface area (Å²) >= 11 is 0. The Morgan fingerprint density at radius 2 is 1.10 bits per heavy atom. The molecule has 0 radical (unpaired) electrons. The van der Waals surface area contributed by atoms with Crippen LogP contribution in [0.1, 0.15) is 123 Å². The molecule has 6 nitrogen and oxygen atoms in total. The third-order valence-corrected chi connectivity index (χ3v) is 7.65. The van der Waals surface area contributed by atoms with Gasteiger partial charge in [-0.3, -0.25) is 9.59 Å². The quantitative estimate of drug-likeness (QED) is 0.294. The van der Waals surface area contributed by atoms with Gasteiger partial charge in [0.25, 0.3) is 0 Å². The summed E-state index contributed by atoms with van der Waals surface area (Å²) in [5.41, 5.74) is 1.16. The summed E-state index contributed by atoms with van der Waals surface area (Å²) in [5.74, 6) is 1.09. The Morgan fingerprint density at radius 1 is 0.643 bits per heavy atom. The molecule has 2 N–H and O–H groups in total. The third kappa shape index (κ3) is 14.9. The molecular weight excluding hydrogens is 520 g/mol. The second-order valence-corrected chi connectivity index (χ2v) is 18.1. The molecule has 3 fully saturated rings. The summed E-state index contributed by atoms with van der Waals surface area (Å²) < 4.78 is 0. The monoisotopic (exact) mass is 591 g/mol. The normalized spacial score (nSPS) is 27.0. The molecule has 4 rings (SSSR count). The smallest absolute Gasteiger partial charge is 0.227 e.